The Morgan fingerprint density at radius 3 is 2.43 bits per heavy atom. The predicted molar refractivity (Wildman–Crippen MR) is 96.9 cm³/mol. The first-order chi connectivity index (χ1) is 10.9. The molecule has 130 valence electrons. The Kier molecular flexibility index (Phi) is 8.45. The number of guanidine groups is 1. The number of pyridine rings is 1. The summed E-state index contributed by atoms with van der Waals surface area (Å²) in [5.74, 6) is 2.21. The second-order valence-corrected chi connectivity index (χ2v) is 6.61. The van der Waals surface area contributed by atoms with E-state index < -0.39 is 0 Å². The van der Waals surface area contributed by atoms with Crippen LogP contribution in [0.1, 0.15) is 53.0 Å². The highest BCUT2D eigenvalue weighted by molar-refractivity contribution is 5.79. The van der Waals surface area contributed by atoms with Gasteiger partial charge < -0.3 is 15.4 Å². The molecule has 0 spiro atoms. The van der Waals surface area contributed by atoms with Crippen LogP contribution in [0.15, 0.2) is 23.3 Å². The maximum Gasteiger partial charge on any atom is 0.213 e. The minimum absolute atomic E-state index is 0.141. The summed E-state index contributed by atoms with van der Waals surface area (Å²) in [5.41, 5.74) is 1.10. The summed E-state index contributed by atoms with van der Waals surface area (Å²) < 4.78 is 5.55. The molecule has 0 aliphatic rings. The van der Waals surface area contributed by atoms with Crippen molar-refractivity contribution in [2.24, 2.45) is 10.9 Å². The monoisotopic (exact) mass is 320 g/mol. The van der Waals surface area contributed by atoms with Gasteiger partial charge in [-0.2, -0.15) is 0 Å². The van der Waals surface area contributed by atoms with Gasteiger partial charge in [-0.3, -0.25) is 4.99 Å². The first kappa shape index (κ1) is 19.3. The molecule has 1 atom stereocenters. The highest BCUT2D eigenvalue weighted by atomic mass is 16.5. The van der Waals surface area contributed by atoms with Gasteiger partial charge in [0.15, 0.2) is 5.96 Å². The molecule has 2 N–H and O–H groups in total. The molecule has 1 rings (SSSR count). The van der Waals surface area contributed by atoms with E-state index in [1.54, 1.807) is 7.05 Å². The molecule has 0 aromatic carbocycles. The minimum atomic E-state index is 0.141. The average molecular weight is 320 g/mol. The molecule has 1 aromatic heterocycles. The molecule has 0 saturated heterocycles. The number of hydrogen-bond acceptors (Lipinski definition) is 3. The van der Waals surface area contributed by atoms with E-state index in [9.17, 15) is 0 Å². The number of aliphatic imine (C=N–C) groups is 1. The third-order valence-electron chi connectivity index (χ3n) is 3.40. The largest absolute Gasteiger partial charge is 0.475 e. The molecule has 0 aliphatic heterocycles. The Morgan fingerprint density at radius 2 is 1.91 bits per heavy atom. The number of rotatable bonds is 8. The molecule has 23 heavy (non-hydrogen) atoms. The fraction of sp³-hybridized carbons (Fsp3) is 0.667. The average Bonchev–Trinajstić information content (AvgIpc) is 2.50. The molecule has 0 fully saturated rings. The van der Waals surface area contributed by atoms with Crippen molar-refractivity contribution < 1.29 is 4.74 Å². The van der Waals surface area contributed by atoms with Crippen molar-refractivity contribution in [3.63, 3.8) is 0 Å². The first-order valence-electron chi connectivity index (χ1n) is 8.49. The quantitative estimate of drug-likeness (QED) is 0.569. The van der Waals surface area contributed by atoms with Gasteiger partial charge in [0.1, 0.15) is 0 Å². The van der Waals surface area contributed by atoms with Crippen molar-refractivity contribution in [2.45, 2.75) is 66.2 Å². The van der Waals surface area contributed by atoms with Crippen molar-refractivity contribution in [3.05, 3.63) is 23.9 Å². The van der Waals surface area contributed by atoms with Crippen LogP contribution in [-0.4, -0.2) is 30.1 Å². The van der Waals surface area contributed by atoms with Gasteiger partial charge >= 0.3 is 0 Å². The Bertz CT molecular complexity index is 468. The second-order valence-electron chi connectivity index (χ2n) is 6.61. The molecule has 5 heteroatoms. The van der Waals surface area contributed by atoms with E-state index in [0.717, 1.165) is 23.9 Å². The number of nitrogens with zero attached hydrogens (tertiary/aromatic N) is 2. The van der Waals surface area contributed by atoms with Gasteiger partial charge in [0.25, 0.3) is 0 Å². The maximum absolute atomic E-state index is 5.55. The third kappa shape index (κ3) is 8.43. The summed E-state index contributed by atoms with van der Waals surface area (Å²) in [5, 5.41) is 6.75. The van der Waals surface area contributed by atoms with Gasteiger partial charge in [-0.1, -0.05) is 19.9 Å². The van der Waals surface area contributed by atoms with Crippen LogP contribution in [0.3, 0.4) is 0 Å². The Morgan fingerprint density at radius 1 is 1.17 bits per heavy atom. The lowest BCUT2D eigenvalue weighted by Crippen LogP contribution is -2.41. The van der Waals surface area contributed by atoms with E-state index in [2.05, 4.69) is 41.4 Å². The molecule has 0 radical (unpaired) electrons. The van der Waals surface area contributed by atoms with Gasteiger partial charge in [0, 0.05) is 31.9 Å². The number of nitrogens with one attached hydrogen (secondary N) is 2. The van der Waals surface area contributed by atoms with E-state index in [1.165, 1.54) is 6.42 Å². The summed E-state index contributed by atoms with van der Waals surface area (Å²) >= 11 is 0. The molecule has 5 nitrogen and oxygen atoms in total. The van der Waals surface area contributed by atoms with Crippen LogP contribution in [-0.2, 0) is 6.54 Å². The van der Waals surface area contributed by atoms with E-state index in [1.807, 2.05) is 32.2 Å². The van der Waals surface area contributed by atoms with Crippen molar-refractivity contribution in [1.82, 2.24) is 15.6 Å². The van der Waals surface area contributed by atoms with Gasteiger partial charge in [0.05, 0.1) is 6.10 Å². The summed E-state index contributed by atoms with van der Waals surface area (Å²) in [4.78, 5) is 8.59. The number of aromatic nitrogens is 1. The zero-order valence-electron chi connectivity index (χ0n) is 15.4. The van der Waals surface area contributed by atoms with Gasteiger partial charge in [0.2, 0.25) is 5.88 Å². The van der Waals surface area contributed by atoms with Crippen molar-refractivity contribution in [2.75, 3.05) is 7.05 Å². The summed E-state index contributed by atoms with van der Waals surface area (Å²) in [6.07, 6.45) is 4.33. The Labute approximate surface area is 141 Å². The normalized spacial score (nSPS) is 13.3. The molecule has 1 aromatic rings. The topological polar surface area (TPSA) is 58.5 Å². The van der Waals surface area contributed by atoms with Gasteiger partial charge in [-0.15, -0.1) is 0 Å². The van der Waals surface area contributed by atoms with Gasteiger partial charge in [-0.25, -0.2) is 4.98 Å². The summed E-state index contributed by atoms with van der Waals surface area (Å²) in [6.45, 7) is 11.4. The van der Waals surface area contributed by atoms with Crippen molar-refractivity contribution >= 4 is 5.96 Å². The molecular weight excluding hydrogens is 288 g/mol. The fourth-order valence-electron chi connectivity index (χ4n) is 2.10. The number of hydrogen-bond donors (Lipinski definition) is 2. The zero-order chi connectivity index (χ0) is 17.2. The SMILES string of the molecule is CN=C(NCc1ccc(OC(C)C)nc1)NC(C)CCC(C)C. The second kappa shape index (κ2) is 10.1. The van der Waals surface area contributed by atoms with Crippen LogP contribution in [0.4, 0.5) is 0 Å². The fourth-order valence-corrected chi connectivity index (χ4v) is 2.10. The molecule has 0 amide bonds. The molecule has 0 aliphatic carbocycles. The summed E-state index contributed by atoms with van der Waals surface area (Å²) in [7, 11) is 1.79. The first-order valence-corrected chi connectivity index (χ1v) is 8.49. The standard InChI is InChI=1S/C18H32N4O/c1-13(2)7-8-15(5)22-18(19-6)21-12-16-9-10-17(20-11-16)23-14(3)4/h9-11,13-15H,7-8,12H2,1-6H3,(H2,19,21,22). The molecule has 1 heterocycles. The Hall–Kier alpha value is -1.78. The highest BCUT2D eigenvalue weighted by Crippen LogP contribution is 2.09. The molecule has 0 saturated carbocycles. The predicted octanol–water partition coefficient (Wildman–Crippen LogP) is 3.36. The van der Waals surface area contributed by atoms with Crippen LogP contribution in [0.5, 0.6) is 5.88 Å². The van der Waals surface area contributed by atoms with Crippen molar-refractivity contribution in [1.29, 1.82) is 0 Å². The third-order valence-corrected chi connectivity index (χ3v) is 3.40. The molecular formula is C18H32N4O. The smallest absolute Gasteiger partial charge is 0.213 e. The number of ether oxygens (including phenoxy) is 1. The Balaban J connectivity index is 2.42. The van der Waals surface area contributed by atoms with Crippen LogP contribution in [0, 0.1) is 5.92 Å². The van der Waals surface area contributed by atoms with Crippen LogP contribution >= 0.6 is 0 Å². The van der Waals surface area contributed by atoms with E-state index in [-0.39, 0.29) is 6.10 Å². The van der Waals surface area contributed by atoms with E-state index in [0.29, 0.717) is 18.5 Å². The maximum atomic E-state index is 5.55. The van der Waals surface area contributed by atoms with E-state index >= 15 is 0 Å². The lowest BCUT2D eigenvalue weighted by Gasteiger charge is -2.18. The van der Waals surface area contributed by atoms with Crippen LogP contribution in [0.25, 0.3) is 0 Å². The zero-order valence-corrected chi connectivity index (χ0v) is 15.4. The molecule has 1 unspecified atom stereocenters. The van der Waals surface area contributed by atoms with Crippen molar-refractivity contribution in [3.8, 4) is 5.88 Å². The lowest BCUT2D eigenvalue weighted by atomic mass is 10.0. The summed E-state index contributed by atoms with van der Waals surface area (Å²) in [6, 6.07) is 4.33. The minimum Gasteiger partial charge on any atom is -0.475 e. The van der Waals surface area contributed by atoms with Gasteiger partial charge in [-0.05, 0) is 45.1 Å². The van der Waals surface area contributed by atoms with Crippen LogP contribution in [0.2, 0.25) is 0 Å². The highest BCUT2D eigenvalue weighted by Gasteiger charge is 2.06. The van der Waals surface area contributed by atoms with Crippen LogP contribution < -0.4 is 15.4 Å². The van der Waals surface area contributed by atoms with E-state index in [4.69, 9.17) is 4.74 Å². The lowest BCUT2D eigenvalue weighted by molar-refractivity contribution is 0.232. The molecule has 0 bridgehead atoms.